The minimum absolute atomic E-state index is 0.121. The van der Waals surface area contributed by atoms with Gasteiger partial charge >= 0.3 is 0 Å². The second kappa shape index (κ2) is 8.24. The molecule has 8 nitrogen and oxygen atoms in total. The van der Waals surface area contributed by atoms with E-state index in [4.69, 9.17) is 9.47 Å². The van der Waals surface area contributed by atoms with Gasteiger partial charge in [0.05, 0.1) is 18.3 Å². The van der Waals surface area contributed by atoms with Crippen LogP contribution in [0.15, 0.2) is 12.2 Å². The van der Waals surface area contributed by atoms with Gasteiger partial charge in [0, 0.05) is 18.3 Å². The molecule has 0 aromatic rings. The van der Waals surface area contributed by atoms with E-state index in [1.54, 1.807) is 19.1 Å². The highest BCUT2D eigenvalue weighted by Crippen LogP contribution is 2.46. The molecule has 2 aliphatic rings. The van der Waals surface area contributed by atoms with Gasteiger partial charge in [0.15, 0.2) is 6.29 Å². The van der Waals surface area contributed by atoms with E-state index in [9.17, 15) is 30.3 Å². The predicted molar refractivity (Wildman–Crippen MR) is 95.6 cm³/mol. The minimum atomic E-state index is -1.51. The lowest BCUT2D eigenvalue weighted by Gasteiger charge is -2.48. The Labute approximate surface area is 159 Å². The normalized spacial score (nSPS) is 43.8. The third-order valence-corrected chi connectivity index (χ3v) is 5.83. The molecule has 1 saturated heterocycles. The fourth-order valence-electron chi connectivity index (χ4n) is 3.98. The van der Waals surface area contributed by atoms with Crippen LogP contribution in [-0.4, -0.2) is 80.3 Å². The average Bonchev–Trinajstić information content (AvgIpc) is 2.58. The van der Waals surface area contributed by atoms with Gasteiger partial charge in [-0.15, -0.1) is 0 Å². The zero-order chi connectivity index (χ0) is 20.6. The Hall–Kier alpha value is -0.870. The van der Waals surface area contributed by atoms with Crippen molar-refractivity contribution in [2.24, 2.45) is 11.3 Å². The summed E-state index contributed by atoms with van der Waals surface area (Å²) in [5.41, 5.74) is -1.84. The van der Waals surface area contributed by atoms with Gasteiger partial charge in [0.1, 0.15) is 30.2 Å². The molecular weight excluding hydrogens is 356 g/mol. The molecule has 0 radical (unpaired) electrons. The maximum Gasteiger partial charge on any atom is 0.187 e. The van der Waals surface area contributed by atoms with Crippen molar-refractivity contribution < 1.29 is 39.8 Å². The number of carbonyl (C=O) groups excluding carboxylic acids is 1. The lowest BCUT2D eigenvalue weighted by molar-refractivity contribution is -0.306. The van der Waals surface area contributed by atoms with Gasteiger partial charge in [-0.3, -0.25) is 4.79 Å². The quantitative estimate of drug-likeness (QED) is 0.398. The van der Waals surface area contributed by atoms with E-state index in [0.29, 0.717) is 6.42 Å². The molecule has 5 N–H and O–H groups in total. The average molecular weight is 388 g/mol. The highest BCUT2D eigenvalue weighted by atomic mass is 16.7. The van der Waals surface area contributed by atoms with E-state index in [0.717, 1.165) is 0 Å². The van der Waals surface area contributed by atoms with Crippen molar-refractivity contribution in [3.8, 4) is 0 Å². The van der Waals surface area contributed by atoms with Crippen LogP contribution in [0.2, 0.25) is 0 Å². The largest absolute Gasteiger partial charge is 0.394 e. The molecule has 1 aliphatic heterocycles. The summed E-state index contributed by atoms with van der Waals surface area (Å²) in [5.74, 6) is -0.138. The third kappa shape index (κ3) is 4.42. The number of aliphatic hydroxyl groups excluding tert-OH is 4. The summed E-state index contributed by atoms with van der Waals surface area (Å²) < 4.78 is 10.9. The summed E-state index contributed by atoms with van der Waals surface area (Å²) in [7, 11) is 0. The maximum absolute atomic E-state index is 11.9. The molecule has 1 heterocycles. The van der Waals surface area contributed by atoms with Crippen molar-refractivity contribution in [2.45, 2.75) is 82.9 Å². The fraction of sp³-hybridized carbons (Fsp3) is 0.842. The van der Waals surface area contributed by atoms with Gasteiger partial charge in [-0.05, 0) is 12.8 Å². The number of ether oxygens (including phenoxy) is 2. The number of hydrogen-bond acceptors (Lipinski definition) is 8. The van der Waals surface area contributed by atoms with Crippen molar-refractivity contribution in [1.29, 1.82) is 0 Å². The maximum atomic E-state index is 11.9. The van der Waals surface area contributed by atoms with E-state index < -0.39 is 54.4 Å². The Morgan fingerprint density at radius 2 is 1.89 bits per heavy atom. The van der Waals surface area contributed by atoms with Gasteiger partial charge in [-0.25, -0.2) is 0 Å². The van der Waals surface area contributed by atoms with Crippen LogP contribution >= 0.6 is 0 Å². The van der Waals surface area contributed by atoms with E-state index in [1.165, 1.54) is 0 Å². The molecule has 0 bridgehead atoms. The predicted octanol–water partition coefficient (Wildman–Crippen LogP) is -0.496. The molecule has 0 amide bonds. The summed E-state index contributed by atoms with van der Waals surface area (Å²) in [4.78, 5) is 11.9. The molecule has 8 atom stereocenters. The topological polar surface area (TPSA) is 137 Å². The number of rotatable bonds is 5. The standard InChI is InChI=1S/C19H32O8/c1-10-7-12(21)8-18(3,4)19(10,25)6-5-11(2)26-17-16(24)15(23)14(22)13(9-20)27-17/h5-6,10-11,13-17,20,22-25H,7-9H2,1-4H3/b6-5+/t10-,11-,13+,14-,15-,16-,17+,19-/m1/s1. The SMILES string of the molecule is C[C@H](/C=C/[C@@]1(O)[C@H](C)CC(=O)CC1(C)C)O[C@H]1O[C@@H](CO)[C@@H](O)[C@@H](O)[C@H]1O. The van der Waals surface area contributed by atoms with Crippen LogP contribution in [0.5, 0.6) is 0 Å². The Bertz CT molecular complexity index is 560. The van der Waals surface area contributed by atoms with Gasteiger partial charge < -0.3 is 35.0 Å². The van der Waals surface area contributed by atoms with E-state index >= 15 is 0 Å². The van der Waals surface area contributed by atoms with Gasteiger partial charge in [-0.2, -0.15) is 0 Å². The van der Waals surface area contributed by atoms with Gasteiger partial charge in [-0.1, -0.05) is 32.9 Å². The first kappa shape index (κ1) is 22.4. The van der Waals surface area contributed by atoms with Gasteiger partial charge in [0.2, 0.25) is 0 Å². The monoisotopic (exact) mass is 388 g/mol. The molecule has 0 unspecified atom stereocenters. The highest BCUT2D eigenvalue weighted by molar-refractivity contribution is 5.81. The second-order valence-corrected chi connectivity index (χ2v) is 8.43. The summed E-state index contributed by atoms with van der Waals surface area (Å²) >= 11 is 0. The Morgan fingerprint density at radius 3 is 2.44 bits per heavy atom. The van der Waals surface area contributed by atoms with Crippen molar-refractivity contribution in [3.05, 3.63) is 12.2 Å². The molecule has 0 spiro atoms. The van der Waals surface area contributed by atoms with Crippen LogP contribution in [0.1, 0.15) is 40.5 Å². The van der Waals surface area contributed by atoms with Crippen LogP contribution in [0.25, 0.3) is 0 Å². The molecule has 1 aliphatic carbocycles. The summed E-state index contributed by atoms with van der Waals surface area (Å²) in [6.07, 6.45) is -3.51. The van der Waals surface area contributed by atoms with Crippen LogP contribution in [0, 0.1) is 11.3 Å². The molecule has 27 heavy (non-hydrogen) atoms. The summed E-state index contributed by atoms with van der Waals surface area (Å²) in [5, 5.41) is 50.1. The minimum Gasteiger partial charge on any atom is -0.394 e. The van der Waals surface area contributed by atoms with Gasteiger partial charge in [0.25, 0.3) is 0 Å². The molecule has 0 aromatic heterocycles. The molecular formula is C19H32O8. The summed E-state index contributed by atoms with van der Waals surface area (Å²) in [6.45, 7) is 6.65. The lowest BCUT2D eigenvalue weighted by atomic mass is 9.60. The van der Waals surface area contributed by atoms with Crippen LogP contribution in [0.3, 0.4) is 0 Å². The third-order valence-electron chi connectivity index (χ3n) is 5.83. The van der Waals surface area contributed by atoms with E-state index in [1.807, 2.05) is 20.8 Å². The molecule has 2 fully saturated rings. The van der Waals surface area contributed by atoms with Crippen molar-refractivity contribution in [1.82, 2.24) is 0 Å². The second-order valence-electron chi connectivity index (χ2n) is 8.43. The smallest absolute Gasteiger partial charge is 0.187 e. The number of Topliss-reactive ketones (excluding diaryl/α,β-unsaturated/α-hetero) is 1. The first-order valence-electron chi connectivity index (χ1n) is 9.32. The van der Waals surface area contributed by atoms with Crippen LogP contribution < -0.4 is 0 Å². The Balaban J connectivity index is 2.08. The molecule has 2 rings (SSSR count). The number of carbonyl (C=O) groups is 1. The number of aliphatic hydroxyl groups is 5. The summed E-state index contributed by atoms with van der Waals surface area (Å²) in [6, 6.07) is 0. The van der Waals surface area contributed by atoms with Crippen molar-refractivity contribution in [2.75, 3.05) is 6.61 Å². The number of ketones is 1. The fourth-order valence-corrected chi connectivity index (χ4v) is 3.98. The Kier molecular flexibility index (Phi) is 6.85. The van der Waals surface area contributed by atoms with Crippen molar-refractivity contribution >= 4 is 5.78 Å². The Morgan fingerprint density at radius 1 is 1.26 bits per heavy atom. The van der Waals surface area contributed by atoms with Crippen LogP contribution in [-0.2, 0) is 14.3 Å². The first-order chi connectivity index (χ1) is 12.4. The zero-order valence-electron chi connectivity index (χ0n) is 16.3. The molecule has 156 valence electrons. The molecule has 8 heteroatoms. The zero-order valence-corrected chi connectivity index (χ0v) is 16.3. The molecule has 1 saturated carbocycles. The van der Waals surface area contributed by atoms with Crippen molar-refractivity contribution in [3.63, 3.8) is 0 Å². The van der Waals surface area contributed by atoms with E-state index in [2.05, 4.69) is 0 Å². The number of hydrogen-bond donors (Lipinski definition) is 5. The first-order valence-corrected chi connectivity index (χ1v) is 9.32. The molecule has 0 aromatic carbocycles. The van der Waals surface area contributed by atoms with E-state index in [-0.39, 0.29) is 18.1 Å². The van der Waals surface area contributed by atoms with Crippen LogP contribution in [0.4, 0.5) is 0 Å². The highest BCUT2D eigenvalue weighted by Gasteiger charge is 2.50. The lowest BCUT2D eigenvalue weighted by Crippen LogP contribution is -2.59.